The van der Waals surface area contributed by atoms with Crippen LogP contribution >= 0.6 is 0 Å². The molecule has 0 heterocycles. The topological polar surface area (TPSA) is 6.48 Å². The van der Waals surface area contributed by atoms with Crippen LogP contribution in [-0.4, -0.2) is 0 Å². The van der Waals surface area contributed by atoms with Gasteiger partial charge in [0.2, 0.25) is 0 Å². The minimum absolute atomic E-state index is 0.262. The van der Waals surface area contributed by atoms with Crippen molar-refractivity contribution in [1.29, 1.82) is 0 Å². The first kappa shape index (κ1) is 30.3. The first-order valence-corrected chi connectivity index (χ1v) is 16.9. The number of para-hydroxylation sites is 1. The monoisotopic (exact) mass is 610 g/mol. The van der Waals surface area contributed by atoms with Gasteiger partial charge in [0.05, 0.1) is 5.69 Å². The van der Waals surface area contributed by atoms with Gasteiger partial charge < -0.3 is 9.80 Å². The summed E-state index contributed by atoms with van der Waals surface area (Å²) in [5.74, 6) is 0.585. The fraction of sp³-hybridized carbons (Fsp3) is 0.156. The maximum Gasteiger partial charge on any atom is 0.0539 e. The summed E-state index contributed by atoms with van der Waals surface area (Å²) < 4.78 is 0. The van der Waals surface area contributed by atoms with E-state index >= 15 is 0 Å². The molecule has 0 saturated heterocycles. The summed E-state index contributed by atoms with van der Waals surface area (Å²) in [6.07, 6.45) is 33.6. The van der Waals surface area contributed by atoms with Crippen molar-refractivity contribution in [2.45, 2.75) is 38.5 Å². The molecule has 2 heteroatoms. The first-order valence-electron chi connectivity index (χ1n) is 16.9. The Bertz CT molecular complexity index is 1940. The van der Waals surface area contributed by atoms with Crippen molar-refractivity contribution in [3.05, 3.63) is 199 Å². The van der Waals surface area contributed by atoms with E-state index in [1.54, 1.807) is 0 Å². The molecule has 47 heavy (non-hydrogen) atoms. The van der Waals surface area contributed by atoms with Gasteiger partial charge in [0.1, 0.15) is 0 Å². The summed E-state index contributed by atoms with van der Waals surface area (Å²) >= 11 is 0. The summed E-state index contributed by atoms with van der Waals surface area (Å²) in [6.45, 7) is 2.29. The van der Waals surface area contributed by atoms with Crippen LogP contribution < -0.4 is 9.80 Å². The molecule has 232 valence electrons. The highest BCUT2D eigenvalue weighted by Gasteiger charge is 2.22. The Morgan fingerprint density at radius 2 is 1.36 bits per heavy atom. The lowest BCUT2D eigenvalue weighted by Gasteiger charge is -2.33. The molecule has 0 bridgehead atoms. The van der Waals surface area contributed by atoms with Crippen LogP contribution in [-0.2, 0) is 0 Å². The molecule has 0 spiro atoms. The lowest BCUT2D eigenvalue weighted by molar-refractivity contribution is 0.808. The average molecular weight is 611 g/mol. The van der Waals surface area contributed by atoms with Gasteiger partial charge in [0.15, 0.2) is 0 Å². The Morgan fingerprint density at radius 1 is 0.596 bits per heavy atom. The number of allylic oxidation sites excluding steroid dienone is 13. The van der Waals surface area contributed by atoms with Crippen molar-refractivity contribution in [1.82, 2.24) is 0 Å². The summed E-state index contributed by atoms with van der Waals surface area (Å²) in [5, 5.41) is 2.50. The largest absolute Gasteiger partial charge is 0.314 e. The molecule has 0 aliphatic heterocycles. The number of nitrogens with zero attached hydrogens (tertiary/aromatic N) is 2. The van der Waals surface area contributed by atoms with Crippen LogP contribution in [0.4, 0.5) is 17.1 Å². The van der Waals surface area contributed by atoms with Crippen molar-refractivity contribution in [2.24, 2.45) is 5.92 Å². The third-order valence-corrected chi connectivity index (χ3v) is 9.22. The lowest BCUT2D eigenvalue weighted by atomic mass is 9.90. The van der Waals surface area contributed by atoms with Crippen LogP contribution in [0, 0.1) is 5.92 Å². The van der Waals surface area contributed by atoms with E-state index in [0.717, 1.165) is 25.7 Å². The molecule has 4 aromatic rings. The Hall–Kier alpha value is -5.34. The van der Waals surface area contributed by atoms with E-state index < -0.39 is 0 Å². The van der Waals surface area contributed by atoms with E-state index in [4.69, 9.17) is 0 Å². The Kier molecular flexibility index (Phi) is 9.29. The number of benzene rings is 4. The van der Waals surface area contributed by atoms with E-state index in [1.165, 1.54) is 50.5 Å². The molecule has 3 aliphatic carbocycles. The van der Waals surface area contributed by atoms with Crippen molar-refractivity contribution in [3.8, 4) is 0 Å². The third-order valence-electron chi connectivity index (χ3n) is 9.22. The van der Waals surface area contributed by atoms with Gasteiger partial charge in [0.25, 0.3) is 0 Å². The smallest absolute Gasteiger partial charge is 0.0539 e. The summed E-state index contributed by atoms with van der Waals surface area (Å²) in [5.41, 5.74) is 8.62. The SMILES string of the molecule is CC1/C=C\C=C/C/C=C\C=C1N(C1=CCCC=C1)c1ccc(C2C=CC(N(c3ccccc3)c3cccc4ccccc34)=CC2)cc1. The van der Waals surface area contributed by atoms with Crippen molar-refractivity contribution >= 4 is 27.8 Å². The predicted molar refractivity (Wildman–Crippen MR) is 202 cm³/mol. The predicted octanol–water partition coefficient (Wildman–Crippen LogP) is 12.2. The molecule has 0 radical (unpaired) electrons. The molecule has 0 fully saturated rings. The number of hydrogen-bond donors (Lipinski definition) is 0. The first-order chi connectivity index (χ1) is 23.3. The molecular formula is C45H42N2. The van der Waals surface area contributed by atoms with Crippen LogP contribution in [0.15, 0.2) is 193 Å². The van der Waals surface area contributed by atoms with E-state index in [1.807, 2.05) is 0 Å². The zero-order valence-electron chi connectivity index (χ0n) is 27.1. The fourth-order valence-electron chi connectivity index (χ4n) is 6.75. The Labute approximate surface area is 280 Å². The number of hydrogen-bond acceptors (Lipinski definition) is 2. The van der Waals surface area contributed by atoms with Gasteiger partial charge in [-0.05, 0) is 85.2 Å². The van der Waals surface area contributed by atoms with Crippen LogP contribution in [0.3, 0.4) is 0 Å². The molecule has 3 aliphatic rings. The Morgan fingerprint density at radius 3 is 2.17 bits per heavy atom. The van der Waals surface area contributed by atoms with Crippen molar-refractivity contribution < 1.29 is 0 Å². The van der Waals surface area contributed by atoms with Crippen molar-refractivity contribution in [2.75, 3.05) is 9.80 Å². The average Bonchev–Trinajstić information content (AvgIpc) is 3.14. The molecule has 0 amide bonds. The van der Waals surface area contributed by atoms with Gasteiger partial charge in [-0.25, -0.2) is 0 Å². The van der Waals surface area contributed by atoms with Gasteiger partial charge in [0, 0.05) is 45.7 Å². The Balaban J connectivity index is 1.17. The minimum Gasteiger partial charge on any atom is -0.314 e. The molecule has 0 saturated carbocycles. The second kappa shape index (κ2) is 14.4. The minimum atomic E-state index is 0.262. The maximum absolute atomic E-state index is 2.45. The molecule has 7 rings (SSSR count). The lowest BCUT2D eigenvalue weighted by Crippen LogP contribution is -2.25. The maximum atomic E-state index is 2.45. The van der Waals surface area contributed by atoms with Crippen LogP contribution in [0.1, 0.15) is 44.1 Å². The summed E-state index contributed by atoms with van der Waals surface area (Å²) in [6, 6.07) is 35.2. The van der Waals surface area contributed by atoms with Crippen LogP contribution in [0.2, 0.25) is 0 Å². The second-order valence-corrected chi connectivity index (χ2v) is 12.4. The standard InChI is InChI=1S/C45H42N2/c1-35-17-8-4-2-3-5-13-25-44(35)46(39-20-9-6-10-21-39)41-31-27-36(28-32-41)37-29-33-42(34-30-37)47(40-22-11-7-12-23-40)45-26-16-19-38-18-14-15-24-43(38)45/h2,4-5,7-9,11-29,31-35,37H,3,6,10,30H2,1H3/b4-2-,13-5-,17-8-,44-25?. The second-order valence-electron chi connectivity index (χ2n) is 12.4. The molecular weight excluding hydrogens is 569 g/mol. The zero-order valence-corrected chi connectivity index (χ0v) is 27.1. The van der Waals surface area contributed by atoms with Gasteiger partial charge in [-0.2, -0.15) is 0 Å². The quantitative estimate of drug-likeness (QED) is 0.205. The number of anilines is 3. The van der Waals surface area contributed by atoms with E-state index in [2.05, 4.69) is 193 Å². The van der Waals surface area contributed by atoms with Gasteiger partial charge >= 0.3 is 0 Å². The summed E-state index contributed by atoms with van der Waals surface area (Å²) in [4.78, 5) is 4.84. The fourth-order valence-corrected chi connectivity index (χ4v) is 6.75. The molecule has 0 N–H and O–H groups in total. The van der Waals surface area contributed by atoms with Gasteiger partial charge in [-0.15, -0.1) is 0 Å². The van der Waals surface area contributed by atoms with Gasteiger partial charge in [-0.1, -0.05) is 134 Å². The third kappa shape index (κ3) is 6.78. The van der Waals surface area contributed by atoms with Crippen LogP contribution in [0.25, 0.3) is 10.8 Å². The number of fused-ring (bicyclic) bond motifs is 1. The highest BCUT2D eigenvalue weighted by Crippen LogP contribution is 2.39. The molecule has 2 unspecified atom stereocenters. The highest BCUT2D eigenvalue weighted by molar-refractivity contribution is 5.97. The molecule has 4 aromatic carbocycles. The summed E-state index contributed by atoms with van der Waals surface area (Å²) in [7, 11) is 0. The molecule has 2 atom stereocenters. The normalized spacial score (nSPS) is 21.3. The molecule has 2 nitrogen and oxygen atoms in total. The zero-order chi connectivity index (χ0) is 31.8. The number of rotatable bonds is 7. The van der Waals surface area contributed by atoms with E-state index in [9.17, 15) is 0 Å². The highest BCUT2D eigenvalue weighted by atomic mass is 15.2. The van der Waals surface area contributed by atoms with Gasteiger partial charge in [-0.3, -0.25) is 0 Å². The van der Waals surface area contributed by atoms with E-state index in [-0.39, 0.29) is 5.92 Å². The van der Waals surface area contributed by atoms with Crippen LogP contribution in [0.5, 0.6) is 0 Å². The van der Waals surface area contributed by atoms with Crippen molar-refractivity contribution in [3.63, 3.8) is 0 Å². The molecule has 0 aromatic heterocycles. The van der Waals surface area contributed by atoms with E-state index in [0.29, 0.717) is 5.92 Å².